The van der Waals surface area contributed by atoms with Crippen LogP contribution in [0, 0.1) is 3.57 Å². The summed E-state index contributed by atoms with van der Waals surface area (Å²) in [6.45, 7) is 0. The molecular formula is C7H4IN3O. The Morgan fingerprint density at radius 3 is 3.00 bits per heavy atom. The van der Waals surface area contributed by atoms with Crippen LogP contribution in [0.4, 0.5) is 0 Å². The molecule has 0 bridgehead atoms. The molecule has 0 aliphatic carbocycles. The highest BCUT2D eigenvalue weighted by molar-refractivity contribution is 14.1. The summed E-state index contributed by atoms with van der Waals surface area (Å²) in [5, 5.41) is 0. The lowest BCUT2D eigenvalue weighted by atomic mass is 10.4. The van der Waals surface area contributed by atoms with Crippen LogP contribution in [0.15, 0.2) is 12.4 Å². The van der Waals surface area contributed by atoms with E-state index < -0.39 is 0 Å². The van der Waals surface area contributed by atoms with Gasteiger partial charge in [-0.15, -0.1) is 0 Å². The third-order valence-corrected chi connectivity index (χ3v) is 2.27. The van der Waals surface area contributed by atoms with E-state index in [0.717, 1.165) is 14.6 Å². The van der Waals surface area contributed by atoms with Gasteiger partial charge in [0.1, 0.15) is 5.52 Å². The number of H-pyrrole nitrogens is 1. The molecule has 0 unspecified atom stereocenters. The normalized spacial score (nSPS) is 10.4. The monoisotopic (exact) mass is 273 g/mol. The second-order valence-electron chi connectivity index (χ2n) is 2.26. The Labute approximate surface area is 81.5 Å². The van der Waals surface area contributed by atoms with Crippen molar-refractivity contribution in [2.45, 2.75) is 0 Å². The summed E-state index contributed by atoms with van der Waals surface area (Å²) < 4.78 is 0.939. The minimum Gasteiger partial charge on any atom is -0.334 e. The second-order valence-corrected chi connectivity index (χ2v) is 3.42. The number of nitrogens with one attached hydrogen (secondary N) is 1. The third kappa shape index (κ3) is 1.09. The van der Waals surface area contributed by atoms with Crippen LogP contribution in [0.3, 0.4) is 0 Å². The summed E-state index contributed by atoms with van der Waals surface area (Å²) in [6.07, 6.45) is 4.05. The summed E-state index contributed by atoms with van der Waals surface area (Å²) in [7, 11) is 0. The van der Waals surface area contributed by atoms with E-state index in [9.17, 15) is 4.79 Å². The molecule has 2 aromatic heterocycles. The van der Waals surface area contributed by atoms with Crippen LogP contribution in [0.1, 0.15) is 10.6 Å². The molecule has 0 aliphatic heterocycles. The first-order valence-corrected chi connectivity index (χ1v) is 4.33. The molecule has 0 aromatic carbocycles. The van der Waals surface area contributed by atoms with Gasteiger partial charge in [0.2, 0.25) is 0 Å². The van der Waals surface area contributed by atoms with Crippen LogP contribution in [0.2, 0.25) is 0 Å². The predicted molar refractivity (Wildman–Crippen MR) is 52.0 cm³/mol. The first-order valence-electron chi connectivity index (χ1n) is 3.25. The van der Waals surface area contributed by atoms with Crippen LogP contribution in [-0.4, -0.2) is 21.2 Å². The predicted octanol–water partition coefficient (Wildman–Crippen LogP) is 1.38. The Morgan fingerprint density at radius 1 is 1.50 bits per heavy atom. The highest BCUT2D eigenvalue weighted by Gasteiger charge is 2.04. The molecule has 0 atom stereocenters. The molecule has 0 saturated heterocycles. The highest BCUT2D eigenvalue weighted by Crippen LogP contribution is 2.15. The summed E-state index contributed by atoms with van der Waals surface area (Å²) in [5.74, 6) is 0.343. The van der Waals surface area contributed by atoms with Crippen LogP contribution < -0.4 is 0 Å². The first-order chi connectivity index (χ1) is 5.81. The number of hydrogen-bond donors (Lipinski definition) is 1. The fourth-order valence-electron chi connectivity index (χ4n) is 0.975. The molecule has 0 spiro atoms. The Morgan fingerprint density at radius 2 is 2.33 bits per heavy atom. The molecule has 2 heterocycles. The third-order valence-electron chi connectivity index (χ3n) is 1.48. The number of nitrogens with zero attached hydrogens (tertiary/aromatic N) is 2. The number of halogens is 1. The number of aromatic amines is 1. The van der Waals surface area contributed by atoms with E-state index in [2.05, 4.69) is 37.5 Å². The van der Waals surface area contributed by atoms with E-state index in [-0.39, 0.29) is 0 Å². The molecule has 0 amide bonds. The smallest absolute Gasteiger partial charge is 0.185 e. The molecule has 0 aliphatic rings. The van der Waals surface area contributed by atoms with Gasteiger partial charge in [-0.3, -0.25) is 9.78 Å². The maximum absolute atomic E-state index is 10.4. The number of carbonyl (C=O) groups is 1. The van der Waals surface area contributed by atoms with Gasteiger partial charge in [0.15, 0.2) is 12.1 Å². The van der Waals surface area contributed by atoms with E-state index in [4.69, 9.17) is 0 Å². The van der Waals surface area contributed by atoms with Crippen LogP contribution in [-0.2, 0) is 0 Å². The van der Waals surface area contributed by atoms with Crippen molar-refractivity contribution in [1.29, 1.82) is 0 Å². The van der Waals surface area contributed by atoms with Gasteiger partial charge in [-0.1, -0.05) is 0 Å². The minimum absolute atomic E-state index is 0.343. The zero-order valence-electron chi connectivity index (χ0n) is 5.91. The van der Waals surface area contributed by atoms with E-state index in [1.165, 1.54) is 0 Å². The molecule has 5 heteroatoms. The molecule has 2 rings (SSSR count). The van der Waals surface area contributed by atoms with Crippen molar-refractivity contribution >= 4 is 39.9 Å². The number of carbonyl (C=O) groups excluding carboxylic acids is 1. The SMILES string of the molecule is O=Cc1nc2c(I)cncc2[nH]1. The maximum Gasteiger partial charge on any atom is 0.185 e. The van der Waals surface area contributed by atoms with E-state index in [0.29, 0.717) is 12.1 Å². The number of aromatic nitrogens is 3. The fourth-order valence-corrected chi connectivity index (χ4v) is 1.55. The lowest BCUT2D eigenvalue weighted by Crippen LogP contribution is -1.79. The van der Waals surface area contributed by atoms with Crippen LogP contribution in [0.5, 0.6) is 0 Å². The van der Waals surface area contributed by atoms with Gasteiger partial charge in [-0.05, 0) is 22.6 Å². The van der Waals surface area contributed by atoms with Crippen molar-refractivity contribution in [2.75, 3.05) is 0 Å². The fraction of sp³-hybridized carbons (Fsp3) is 0. The summed E-state index contributed by atoms with van der Waals surface area (Å²) >= 11 is 2.13. The van der Waals surface area contributed by atoms with Gasteiger partial charge in [-0.2, -0.15) is 0 Å². The van der Waals surface area contributed by atoms with Gasteiger partial charge in [-0.25, -0.2) is 4.98 Å². The lowest BCUT2D eigenvalue weighted by Gasteiger charge is -1.87. The van der Waals surface area contributed by atoms with Crippen molar-refractivity contribution in [1.82, 2.24) is 15.0 Å². The number of rotatable bonds is 1. The highest BCUT2D eigenvalue weighted by atomic mass is 127. The molecule has 60 valence electrons. The molecule has 0 radical (unpaired) electrons. The Kier molecular flexibility index (Phi) is 1.80. The Balaban J connectivity index is 2.82. The van der Waals surface area contributed by atoms with Crippen molar-refractivity contribution in [2.24, 2.45) is 0 Å². The zero-order chi connectivity index (χ0) is 8.55. The van der Waals surface area contributed by atoms with Crippen molar-refractivity contribution < 1.29 is 4.79 Å². The van der Waals surface area contributed by atoms with E-state index in [1.54, 1.807) is 12.4 Å². The molecule has 0 saturated carbocycles. The van der Waals surface area contributed by atoms with Crippen LogP contribution in [0.25, 0.3) is 11.0 Å². The van der Waals surface area contributed by atoms with E-state index in [1.807, 2.05) is 0 Å². The number of aldehydes is 1. The number of fused-ring (bicyclic) bond motifs is 1. The lowest BCUT2D eigenvalue weighted by molar-refractivity contribution is 0.111. The second kappa shape index (κ2) is 2.81. The summed E-state index contributed by atoms with van der Waals surface area (Å²) in [6, 6.07) is 0. The molecule has 0 fully saturated rings. The van der Waals surface area contributed by atoms with Gasteiger partial charge in [0.25, 0.3) is 0 Å². The van der Waals surface area contributed by atoms with Crippen molar-refractivity contribution in [3.05, 3.63) is 21.8 Å². The largest absolute Gasteiger partial charge is 0.334 e. The standard InChI is InChI=1S/C7H4IN3O/c8-4-1-9-2-5-7(4)11-6(3-12)10-5/h1-3H,(H,10,11). The van der Waals surface area contributed by atoms with Gasteiger partial charge < -0.3 is 4.98 Å². The summed E-state index contributed by atoms with van der Waals surface area (Å²) in [5.41, 5.74) is 1.59. The van der Waals surface area contributed by atoms with Crippen LogP contribution >= 0.6 is 22.6 Å². The first kappa shape index (κ1) is 7.66. The molecule has 4 nitrogen and oxygen atoms in total. The topological polar surface area (TPSA) is 58.6 Å². The molecule has 2 aromatic rings. The number of imidazole rings is 1. The van der Waals surface area contributed by atoms with Gasteiger partial charge in [0, 0.05) is 6.20 Å². The van der Waals surface area contributed by atoms with Crippen molar-refractivity contribution in [3.63, 3.8) is 0 Å². The van der Waals surface area contributed by atoms with Gasteiger partial charge >= 0.3 is 0 Å². The average Bonchev–Trinajstić information content (AvgIpc) is 2.49. The zero-order valence-corrected chi connectivity index (χ0v) is 8.07. The minimum atomic E-state index is 0.343. The average molecular weight is 273 g/mol. The Hall–Kier alpha value is -0.980. The maximum atomic E-state index is 10.4. The number of hydrogen-bond acceptors (Lipinski definition) is 3. The van der Waals surface area contributed by atoms with Gasteiger partial charge in [0.05, 0.1) is 15.3 Å². The molecular weight excluding hydrogens is 269 g/mol. The Bertz CT molecular complexity index is 437. The van der Waals surface area contributed by atoms with E-state index >= 15 is 0 Å². The molecule has 1 N–H and O–H groups in total. The number of pyridine rings is 1. The summed E-state index contributed by atoms with van der Waals surface area (Å²) in [4.78, 5) is 21.2. The quantitative estimate of drug-likeness (QED) is 0.630. The van der Waals surface area contributed by atoms with Crippen molar-refractivity contribution in [3.8, 4) is 0 Å². The molecule has 12 heavy (non-hydrogen) atoms.